The van der Waals surface area contributed by atoms with Crippen LogP contribution in [0.3, 0.4) is 0 Å². The van der Waals surface area contributed by atoms with Crippen molar-refractivity contribution >= 4 is 15.9 Å². The Labute approximate surface area is 173 Å². The lowest BCUT2D eigenvalue weighted by Gasteiger charge is -2.36. The summed E-state index contributed by atoms with van der Waals surface area (Å²) in [5, 5.41) is 12.4. The van der Waals surface area contributed by atoms with Crippen LogP contribution < -0.4 is 10.0 Å². The number of hydrogen-bond acceptors (Lipinski definition) is 7. The number of aliphatic hydroxyl groups excluding tert-OH is 1. The van der Waals surface area contributed by atoms with Crippen LogP contribution in [0.5, 0.6) is 0 Å². The number of sulfonamides is 1. The molecule has 0 saturated carbocycles. The summed E-state index contributed by atoms with van der Waals surface area (Å²) in [6.07, 6.45) is 4.88. The second-order valence-corrected chi connectivity index (χ2v) is 8.63. The van der Waals surface area contributed by atoms with Crippen molar-refractivity contribution in [2.24, 2.45) is 0 Å². The molecule has 2 aromatic rings. The molecule has 0 unspecified atom stereocenters. The summed E-state index contributed by atoms with van der Waals surface area (Å²) in [7, 11) is -3.75. The number of ether oxygens (including phenoxy) is 1. The standard InChI is InChI=1S/C19H23FN4O5S/c20-13-1-4-15(5-2-13)30(27,28)23-8-7-14-3-6-16(18(12-25)29-14)24-19(26)17-11-21-9-10-22-17/h1-2,4-5,9-11,14,16,18,23,25H,3,6-8,12H2,(H,24,26)/t14-,16+,18-/m1/s1. The SMILES string of the molecule is O=C(N[C@H]1CC[C@H](CCNS(=O)(=O)c2ccc(F)cc2)O[C@@H]1CO)c1cnccn1. The van der Waals surface area contributed by atoms with Gasteiger partial charge in [0.05, 0.1) is 29.8 Å². The van der Waals surface area contributed by atoms with Gasteiger partial charge in [-0.2, -0.15) is 0 Å². The first-order valence-corrected chi connectivity index (χ1v) is 11.0. The van der Waals surface area contributed by atoms with Gasteiger partial charge in [-0.1, -0.05) is 0 Å². The zero-order valence-electron chi connectivity index (χ0n) is 16.1. The lowest BCUT2D eigenvalue weighted by molar-refractivity contribution is -0.0891. The third-order valence-corrected chi connectivity index (χ3v) is 6.27. The van der Waals surface area contributed by atoms with Crippen molar-refractivity contribution in [3.05, 3.63) is 54.4 Å². The van der Waals surface area contributed by atoms with E-state index < -0.39 is 33.9 Å². The monoisotopic (exact) mass is 438 g/mol. The summed E-state index contributed by atoms with van der Waals surface area (Å²) in [6.45, 7) is -0.164. The van der Waals surface area contributed by atoms with E-state index in [2.05, 4.69) is 20.0 Å². The van der Waals surface area contributed by atoms with Crippen LogP contribution in [0, 0.1) is 5.82 Å². The fourth-order valence-electron chi connectivity index (χ4n) is 3.22. The molecule has 0 radical (unpaired) electrons. The van der Waals surface area contributed by atoms with Gasteiger partial charge in [0, 0.05) is 18.9 Å². The van der Waals surface area contributed by atoms with E-state index in [1.54, 1.807) is 0 Å². The highest BCUT2D eigenvalue weighted by Crippen LogP contribution is 2.22. The van der Waals surface area contributed by atoms with Crippen molar-refractivity contribution in [3.8, 4) is 0 Å². The normalized spacial score (nSPS) is 21.9. The molecule has 1 saturated heterocycles. The van der Waals surface area contributed by atoms with E-state index in [1.165, 1.54) is 30.7 Å². The van der Waals surface area contributed by atoms with Crippen LogP contribution in [-0.4, -0.2) is 60.8 Å². The maximum atomic E-state index is 13.0. The van der Waals surface area contributed by atoms with Crippen LogP contribution in [0.25, 0.3) is 0 Å². The van der Waals surface area contributed by atoms with Crippen molar-refractivity contribution in [1.29, 1.82) is 0 Å². The third-order valence-electron chi connectivity index (χ3n) is 4.79. The molecule has 1 fully saturated rings. The number of nitrogens with zero attached hydrogens (tertiary/aromatic N) is 2. The van der Waals surface area contributed by atoms with Crippen LogP contribution in [0.1, 0.15) is 29.8 Å². The van der Waals surface area contributed by atoms with Crippen molar-refractivity contribution in [2.75, 3.05) is 13.2 Å². The molecule has 9 nitrogen and oxygen atoms in total. The lowest BCUT2D eigenvalue weighted by Crippen LogP contribution is -2.51. The van der Waals surface area contributed by atoms with Crippen molar-refractivity contribution in [3.63, 3.8) is 0 Å². The average Bonchev–Trinajstić information content (AvgIpc) is 2.75. The maximum Gasteiger partial charge on any atom is 0.271 e. The molecule has 1 aromatic heterocycles. The van der Waals surface area contributed by atoms with Crippen LogP contribution in [0.15, 0.2) is 47.8 Å². The lowest BCUT2D eigenvalue weighted by atomic mass is 9.97. The molecule has 162 valence electrons. The van der Waals surface area contributed by atoms with Gasteiger partial charge in [-0.3, -0.25) is 9.78 Å². The van der Waals surface area contributed by atoms with Crippen LogP contribution in [0.2, 0.25) is 0 Å². The Morgan fingerprint density at radius 2 is 2.00 bits per heavy atom. The smallest absolute Gasteiger partial charge is 0.271 e. The van der Waals surface area contributed by atoms with Crippen molar-refractivity contribution in [2.45, 2.75) is 42.4 Å². The Bertz CT molecular complexity index is 943. The van der Waals surface area contributed by atoms with Gasteiger partial charge in [-0.25, -0.2) is 22.5 Å². The van der Waals surface area contributed by atoms with Crippen molar-refractivity contribution in [1.82, 2.24) is 20.0 Å². The summed E-state index contributed by atoms with van der Waals surface area (Å²) in [6, 6.07) is 4.17. The molecule has 11 heteroatoms. The van der Waals surface area contributed by atoms with E-state index in [4.69, 9.17) is 4.74 Å². The van der Waals surface area contributed by atoms with Crippen LogP contribution >= 0.6 is 0 Å². The number of carbonyl (C=O) groups excluding carboxylic acids is 1. The van der Waals surface area contributed by atoms with Gasteiger partial charge in [0.25, 0.3) is 5.91 Å². The first kappa shape index (κ1) is 22.2. The summed E-state index contributed by atoms with van der Waals surface area (Å²) in [5.74, 6) is -0.916. The number of aliphatic hydroxyl groups is 1. The molecule has 1 aromatic carbocycles. The molecule has 3 rings (SSSR count). The topological polar surface area (TPSA) is 131 Å². The minimum Gasteiger partial charge on any atom is -0.394 e. The number of amides is 1. The van der Waals surface area contributed by atoms with Crippen LogP contribution in [-0.2, 0) is 14.8 Å². The molecular weight excluding hydrogens is 415 g/mol. The maximum absolute atomic E-state index is 13.0. The largest absolute Gasteiger partial charge is 0.394 e. The Kier molecular flexibility index (Phi) is 7.43. The molecule has 2 heterocycles. The first-order chi connectivity index (χ1) is 14.4. The summed E-state index contributed by atoms with van der Waals surface area (Å²) in [5.41, 5.74) is 0.173. The molecule has 30 heavy (non-hydrogen) atoms. The molecule has 0 spiro atoms. The first-order valence-electron chi connectivity index (χ1n) is 9.47. The number of carbonyl (C=O) groups is 1. The molecule has 3 N–H and O–H groups in total. The van der Waals surface area contributed by atoms with Gasteiger partial charge >= 0.3 is 0 Å². The fourth-order valence-corrected chi connectivity index (χ4v) is 4.27. The number of hydrogen-bond donors (Lipinski definition) is 3. The predicted octanol–water partition coefficient (Wildman–Crippen LogP) is 0.623. The Hall–Kier alpha value is -2.47. The highest BCUT2D eigenvalue weighted by molar-refractivity contribution is 7.89. The Morgan fingerprint density at radius 3 is 2.67 bits per heavy atom. The number of rotatable bonds is 8. The summed E-state index contributed by atoms with van der Waals surface area (Å²) < 4.78 is 45.7. The molecule has 1 aliphatic rings. The van der Waals surface area contributed by atoms with Crippen LogP contribution in [0.4, 0.5) is 4.39 Å². The summed E-state index contributed by atoms with van der Waals surface area (Å²) in [4.78, 5) is 20.0. The highest BCUT2D eigenvalue weighted by atomic mass is 32.2. The third kappa shape index (κ3) is 5.79. The van der Waals surface area contributed by atoms with Gasteiger partial charge in [0.1, 0.15) is 17.6 Å². The van der Waals surface area contributed by atoms with Crippen molar-refractivity contribution < 1.29 is 27.4 Å². The minimum atomic E-state index is -3.75. The second kappa shape index (κ2) is 10.0. The predicted molar refractivity (Wildman–Crippen MR) is 104 cm³/mol. The molecular formula is C19H23FN4O5S. The van der Waals surface area contributed by atoms with E-state index in [-0.39, 0.29) is 29.8 Å². The molecule has 0 bridgehead atoms. The second-order valence-electron chi connectivity index (χ2n) is 6.87. The molecule has 1 amide bonds. The Morgan fingerprint density at radius 1 is 1.23 bits per heavy atom. The van der Waals surface area contributed by atoms with E-state index in [0.29, 0.717) is 19.3 Å². The average molecular weight is 438 g/mol. The van der Waals surface area contributed by atoms with Gasteiger partial charge in [-0.05, 0) is 43.5 Å². The molecule has 3 atom stereocenters. The fraction of sp³-hybridized carbons (Fsp3) is 0.421. The molecule has 1 aliphatic heterocycles. The van der Waals surface area contributed by atoms with E-state index in [0.717, 1.165) is 12.1 Å². The van der Waals surface area contributed by atoms with Gasteiger partial charge in [0.2, 0.25) is 10.0 Å². The quantitative estimate of drug-likeness (QED) is 0.551. The number of aromatic nitrogens is 2. The Balaban J connectivity index is 1.49. The molecule has 0 aliphatic carbocycles. The number of benzene rings is 1. The minimum absolute atomic E-state index is 0.0199. The van der Waals surface area contributed by atoms with Gasteiger partial charge in [0.15, 0.2) is 0 Å². The number of nitrogens with one attached hydrogen (secondary N) is 2. The van der Waals surface area contributed by atoms with E-state index in [1.807, 2.05) is 0 Å². The van der Waals surface area contributed by atoms with Gasteiger partial charge < -0.3 is 15.2 Å². The zero-order valence-corrected chi connectivity index (χ0v) is 16.9. The zero-order chi connectivity index (χ0) is 21.6. The number of halogens is 1. The van der Waals surface area contributed by atoms with Gasteiger partial charge in [-0.15, -0.1) is 0 Å². The van der Waals surface area contributed by atoms with E-state index in [9.17, 15) is 22.7 Å². The highest BCUT2D eigenvalue weighted by Gasteiger charge is 2.32. The van der Waals surface area contributed by atoms with E-state index >= 15 is 0 Å². The summed E-state index contributed by atoms with van der Waals surface area (Å²) >= 11 is 0.